The first-order valence-electron chi connectivity index (χ1n) is 7.92. The lowest BCUT2D eigenvalue weighted by Gasteiger charge is -2.18. The van der Waals surface area contributed by atoms with E-state index in [1.54, 1.807) is 18.2 Å². The molecule has 2 rings (SSSR count). The Labute approximate surface area is 148 Å². The molecule has 0 atom stereocenters. The lowest BCUT2D eigenvalue weighted by atomic mass is 10.1. The van der Waals surface area contributed by atoms with Crippen molar-refractivity contribution >= 4 is 17.4 Å². The maximum absolute atomic E-state index is 13.1. The van der Waals surface area contributed by atoms with Crippen molar-refractivity contribution in [2.75, 3.05) is 23.8 Å². The molecule has 0 bridgehead atoms. The molecule has 0 saturated carbocycles. The summed E-state index contributed by atoms with van der Waals surface area (Å²) in [5, 5.41) is 4.93. The standard InChI is InChI=1S/C18H19F4N3O/c1-3-25(2)15-6-4-5-14(10-15)24-17(26)23-11-12-7-8-13(19)9-16(12)18(20,21)22/h4-10H,3,11H2,1-2H3,(H2,23,24,26). The third kappa shape index (κ3) is 5.11. The monoisotopic (exact) mass is 369 g/mol. The molecule has 2 aromatic rings. The van der Waals surface area contributed by atoms with Gasteiger partial charge in [-0.3, -0.25) is 0 Å². The number of anilines is 2. The van der Waals surface area contributed by atoms with Crippen LogP contribution in [0.15, 0.2) is 42.5 Å². The number of nitrogens with zero attached hydrogens (tertiary/aromatic N) is 1. The molecule has 2 aromatic carbocycles. The molecule has 0 heterocycles. The molecular formula is C18H19F4N3O. The van der Waals surface area contributed by atoms with E-state index in [4.69, 9.17) is 0 Å². The zero-order chi connectivity index (χ0) is 19.3. The van der Waals surface area contributed by atoms with Crippen LogP contribution in [0.4, 0.5) is 33.7 Å². The summed E-state index contributed by atoms with van der Waals surface area (Å²) in [5.74, 6) is -0.984. The summed E-state index contributed by atoms with van der Waals surface area (Å²) < 4.78 is 52.0. The minimum atomic E-state index is -4.70. The molecule has 0 aliphatic heterocycles. The second kappa shape index (κ2) is 8.07. The fraction of sp³-hybridized carbons (Fsp3) is 0.278. The highest BCUT2D eigenvalue weighted by Gasteiger charge is 2.33. The number of hydrogen-bond donors (Lipinski definition) is 2. The smallest absolute Gasteiger partial charge is 0.375 e. The van der Waals surface area contributed by atoms with Crippen LogP contribution in [-0.4, -0.2) is 19.6 Å². The number of amides is 2. The van der Waals surface area contributed by atoms with Gasteiger partial charge in [0.15, 0.2) is 0 Å². The summed E-state index contributed by atoms with van der Waals surface area (Å²) in [6.45, 7) is 2.38. The number of urea groups is 1. The van der Waals surface area contributed by atoms with Crippen LogP contribution < -0.4 is 15.5 Å². The van der Waals surface area contributed by atoms with E-state index in [9.17, 15) is 22.4 Å². The van der Waals surface area contributed by atoms with Gasteiger partial charge in [-0.1, -0.05) is 12.1 Å². The fourth-order valence-electron chi connectivity index (χ4n) is 2.32. The van der Waals surface area contributed by atoms with E-state index in [1.165, 1.54) is 0 Å². The zero-order valence-electron chi connectivity index (χ0n) is 14.3. The Kier molecular flexibility index (Phi) is 6.07. The van der Waals surface area contributed by atoms with Gasteiger partial charge in [-0.15, -0.1) is 0 Å². The van der Waals surface area contributed by atoms with Gasteiger partial charge in [-0.25, -0.2) is 9.18 Å². The molecule has 0 radical (unpaired) electrons. The van der Waals surface area contributed by atoms with Gasteiger partial charge >= 0.3 is 12.2 Å². The van der Waals surface area contributed by atoms with Crippen molar-refractivity contribution in [1.29, 1.82) is 0 Å². The number of nitrogens with one attached hydrogen (secondary N) is 2. The minimum Gasteiger partial charge on any atom is -0.375 e. The van der Waals surface area contributed by atoms with Gasteiger partial charge < -0.3 is 15.5 Å². The Morgan fingerprint density at radius 3 is 2.54 bits per heavy atom. The van der Waals surface area contributed by atoms with Crippen LogP contribution in [0, 0.1) is 5.82 Å². The van der Waals surface area contributed by atoms with E-state index in [0.717, 1.165) is 24.4 Å². The molecule has 0 aliphatic rings. The molecule has 140 valence electrons. The molecule has 26 heavy (non-hydrogen) atoms. The lowest BCUT2D eigenvalue weighted by molar-refractivity contribution is -0.138. The van der Waals surface area contributed by atoms with Gasteiger partial charge in [0.2, 0.25) is 0 Å². The van der Waals surface area contributed by atoms with Crippen molar-refractivity contribution in [1.82, 2.24) is 5.32 Å². The van der Waals surface area contributed by atoms with E-state index >= 15 is 0 Å². The maximum atomic E-state index is 13.1. The molecule has 2 N–H and O–H groups in total. The fourth-order valence-corrected chi connectivity index (χ4v) is 2.32. The summed E-state index contributed by atoms with van der Waals surface area (Å²) >= 11 is 0. The highest BCUT2D eigenvalue weighted by molar-refractivity contribution is 5.89. The molecule has 0 aromatic heterocycles. The molecule has 8 heteroatoms. The van der Waals surface area contributed by atoms with Crippen LogP contribution in [0.2, 0.25) is 0 Å². The number of carbonyl (C=O) groups is 1. The summed E-state index contributed by atoms with van der Waals surface area (Å²) in [7, 11) is 1.90. The van der Waals surface area contributed by atoms with Gasteiger partial charge in [0.05, 0.1) is 5.56 Å². The second-order valence-corrected chi connectivity index (χ2v) is 5.67. The molecule has 0 spiro atoms. The van der Waals surface area contributed by atoms with Crippen LogP contribution in [0.5, 0.6) is 0 Å². The quantitative estimate of drug-likeness (QED) is 0.756. The third-order valence-corrected chi connectivity index (χ3v) is 3.84. The molecular weight excluding hydrogens is 350 g/mol. The van der Waals surface area contributed by atoms with Crippen LogP contribution in [0.1, 0.15) is 18.1 Å². The van der Waals surface area contributed by atoms with Crippen molar-refractivity contribution in [3.05, 3.63) is 59.4 Å². The van der Waals surface area contributed by atoms with Gasteiger partial charge in [0.1, 0.15) is 5.82 Å². The highest BCUT2D eigenvalue weighted by Crippen LogP contribution is 2.32. The predicted octanol–water partition coefficient (Wildman–Crippen LogP) is 4.62. The third-order valence-electron chi connectivity index (χ3n) is 3.84. The average molecular weight is 369 g/mol. The number of hydrogen-bond acceptors (Lipinski definition) is 2. The summed E-state index contributed by atoms with van der Waals surface area (Å²) in [5.41, 5.74) is 0.0801. The Morgan fingerprint density at radius 2 is 1.88 bits per heavy atom. The number of rotatable bonds is 5. The van der Waals surface area contributed by atoms with Gasteiger partial charge in [-0.05, 0) is 42.8 Å². The SMILES string of the molecule is CCN(C)c1cccc(NC(=O)NCc2ccc(F)cc2C(F)(F)F)c1. The van der Waals surface area contributed by atoms with Crippen molar-refractivity contribution in [2.24, 2.45) is 0 Å². The molecule has 0 saturated heterocycles. The first-order chi connectivity index (χ1) is 12.2. The number of carbonyl (C=O) groups excluding carboxylic acids is 1. The second-order valence-electron chi connectivity index (χ2n) is 5.67. The van der Waals surface area contributed by atoms with Crippen LogP contribution in [0.25, 0.3) is 0 Å². The van der Waals surface area contributed by atoms with E-state index in [2.05, 4.69) is 10.6 Å². The van der Waals surface area contributed by atoms with Crippen LogP contribution in [-0.2, 0) is 12.7 Å². The van der Waals surface area contributed by atoms with Crippen LogP contribution >= 0.6 is 0 Å². The summed E-state index contributed by atoms with van der Waals surface area (Å²) in [6, 6.07) is 8.76. The first-order valence-corrected chi connectivity index (χ1v) is 7.92. The predicted molar refractivity (Wildman–Crippen MR) is 92.6 cm³/mol. The average Bonchev–Trinajstić information content (AvgIpc) is 2.59. The summed E-state index contributed by atoms with van der Waals surface area (Å²) in [6.07, 6.45) is -4.70. The Bertz CT molecular complexity index is 777. The van der Waals surface area contributed by atoms with E-state index in [-0.39, 0.29) is 12.1 Å². The maximum Gasteiger partial charge on any atom is 0.416 e. The Morgan fingerprint density at radius 1 is 1.15 bits per heavy atom. The van der Waals surface area contributed by atoms with Crippen molar-refractivity contribution in [2.45, 2.75) is 19.6 Å². The topological polar surface area (TPSA) is 44.4 Å². The number of benzene rings is 2. The normalized spacial score (nSPS) is 11.2. The molecule has 0 aliphatic carbocycles. The van der Waals surface area contributed by atoms with Gasteiger partial charge in [-0.2, -0.15) is 13.2 Å². The summed E-state index contributed by atoms with van der Waals surface area (Å²) in [4.78, 5) is 13.9. The van der Waals surface area contributed by atoms with E-state index in [1.807, 2.05) is 24.9 Å². The van der Waals surface area contributed by atoms with Crippen molar-refractivity contribution in [3.8, 4) is 0 Å². The highest BCUT2D eigenvalue weighted by atomic mass is 19.4. The number of halogens is 4. The Hall–Kier alpha value is -2.77. The van der Waals surface area contributed by atoms with Gasteiger partial charge in [0.25, 0.3) is 0 Å². The van der Waals surface area contributed by atoms with Crippen LogP contribution in [0.3, 0.4) is 0 Å². The van der Waals surface area contributed by atoms with E-state index < -0.39 is 23.6 Å². The minimum absolute atomic E-state index is 0.214. The largest absolute Gasteiger partial charge is 0.416 e. The molecule has 2 amide bonds. The first kappa shape index (κ1) is 19.6. The molecule has 0 unspecified atom stereocenters. The molecule has 4 nitrogen and oxygen atoms in total. The lowest BCUT2D eigenvalue weighted by Crippen LogP contribution is -2.29. The van der Waals surface area contributed by atoms with Crippen molar-refractivity contribution in [3.63, 3.8) is 0 Å². The van der Waals surface area contributed by atoms with Gasteiger partial charge in [0, 0.05) is 31.5 Å². The Balaban J connectivity index is 2.04. The number of alkyl halides is 3. The zero-order valence-corrected chi connectivity index (χ0v) is 14.3. The molecule has 0 fully saturated rings. The van der Waals surface area contributed by atoms with Crippen molar-refractivity contribution < 1.29 is 22.4 Å². The van der Waals surface area contributed by atoms with E-state index in [0.29, 0.717) is 11.8 Å².